The predicted octanol–water partition coefficient (Wildman–Crippen LogP) is 1.19. The normalized spacial score (nSPS) is 23.0. The highest BCUT2D eigenvalue weighted by Gasteiger charge is 2.33. The average Bonchev–Trinajstić information content (AvgIpc) is 2.53. The molecule has 3 rings (SSSR count). The fraction of sp³-hybridized carbons (Fsp3) is 0.562. The zero-order valence-electron chi connectivity index (χ0n) is 12.8. The Hall–Kier alpha value is -1.59. The quantitative estimate of drug-likeness (QED) is 0.819. The van der Waals surface area contributed by atoms with E-state index in [-0.39, 0.29) is 12.0 Å². The lowest BCUT2D eigenvalue weighted by atomic mass is 10.1. The highest BCUT2D eigenvalue weighted by molar-refractivity contribution is 6.00. The van der Waals surface area contributed by atoms with Crippen LogP contribution >= 0.6 is 0 Å². The van der Waals surface area contributed by atoms with Crippen LogP contribution in [0.5, 0.6) is 0 Å². The average molecular weight is 289 g/mol. The molecule has 0 spiro atoms. The van der Waals surface area contributed by atoms with Gasteiger partial charge in [0.15, 0.2) is 0 Å². The van der Waals surface area contributed by atoms with Crippen molar-refractivity contribution in [3.8, 4) is 0 Å². The van der Waals surface area contributed by atoms with Gasteiger partial charge in [-0.1, -0.05) is 12.1 Å². The number of carbonyl (C=O) groups excluding carboxylic acids is 1. The van der Waals surface area contributed by atoms with Gasteiger partial charge >= 0.3 is 0 Å². The van der Waals surface area contributed by atoms with Crippen molar-refractivity contribution in [3.05, 3.63) is 24.3 Å². The van der Waals surface area contributed by atoms with Crippen molar-refractivity contribution < 1.29 is 9.53 Å². The van der Waals surface area contributed by atoms with Crippen molar-refractivity contribution in [2.45, 2.75) is 13.0 Å². The molecule has 2 aliphatic rings. The van der Waals surface area contributed by atoms with Gasteiger partial charge in [0.1, 0.15) is 6.10 Å². The largest absolute Gasteiger partial charge is 0.368 e. The third kappa shape index (κ3) is 2.76. The molecule has 1 fully saturated rings. The van der Waals surface area contributed by atoms with Crippen LogP contribution in [-0.2, 0) is 9.53 Å². The number of morpholine rings is 1. The van der Waals surface area contributed by atoms with Crippen molar-refractivity contribution in [3.63, 3.8) is 0 Å². The van der Waals surface area contributed by atoms with E-state index in [0.717, 1.165) is 37.6 Å². The van der Waals surface area contributed by atoms with Gasteiger partial charge in [-0.05, 0) is 26.1 Å². The number of carbonyl (C=O) groups is 1. The topological polar surface area (TPSA) is 36.0 Å². The Morgan fingerprint density at radius 3 is 2.71 bits per heavy atom. The van der Waals surface area contributed by atoms with Crippen LogP contribution < -0.4 is 9.80 Å². The Bertz CT molecular complexity index is 520. The molecule has 21 heavy (non-hydrogen) atoms. The van der Waals surface area contributed by atoms with Gasteiger partial charge in [0.2, 0.25) is 0 Å². The maximum absolute atomic E-state index is 12.8. The molecule has 1 atom stereocenters. The molecule has 1 amide bonds. The third-order valence-corrected chi connectivity index (χ3v) is 4.30. The second-order valence-electron chi connectivity index (χ2n) is 5.68. The second kappa shape index (κ2) is 6.03. The molecule has 1 unspecified atom stereocenters. The number of hydrogen-bond donors (Lipinski definition) is 0. The molecule has 114 valence electrons. The van der Waals surface area contributed by atoms with Crippen molar-refractivity contribution in [1.29, 1.82) is 0 Å². The number of rotatable bonds is 2. The van der Waals surface area contributed by atoms with Gasteiger partial charge in [-0.25, -0.2) is 0 Å². The van der Waals surface area contributed by atoms with Crippen molar-refractivity contribution >= 4 is 17.3 Å². The van der Waals surface area contributed by atoms with Crippen LogP contribution in [0.3, 0.4) is 0 Å². The number of fused-ring (bicyclic) bond motifs is 1. The lowest BCUT2D eigenvalue weighted by molar-refractivity contribution is -0.135. The summed E-state index contributed by atoms with van der Waals surface area (Å²) in [4.78, 5) is 19.2. The zero-order chi connectivity index (χ0) is 14.8. The van der Waals surface area contributed by atoms with Gasteiger partial charge in [-0.15, -0.1) is 0 Å². The van der Waals surface area contributed by atoms with E-state index in [1.54, 1.807) is 0 Å². The van der Waals surface area contributed by atoms with Crippen molar-refractivity contribution in [1.82, 2.24) is 4.90 Å². The lowest BCUT2D eigenvalue weighted by Gasteiger charge is -2.39. The first kappa shape index (κ1) is 14.4. The summed E-state index contributed by atoms with van der Waals surface area (Å²) in [7, 11) is 2.03. The summed E-state index contributed by atoms with van der Waals surface area (Å²) in [6, 6.07) is 8.14. The molecule has 0 aliphatic carbocycles. The second-order valence-corrected chi connectivity index (χ2v) is 5.68. The standard InChI is InChI=1S/C16H23N3O2/c1-3-18-8-9-19(14-7-5-4-6-13(14)18)16(20)15-12-17(2)10-11-21-15/h4-7,15H,3,8-12H2,1-2H3. The molecule has 0 radical (unpaired) electrons. The number of likely N-dealkylation sites (N-methyl/N-ethyl adjacent to an activating group) is 2. The fourth-order valence-electron chi connectivity index (χ4n) is 3.08. The van der Waals surface area contributed by atoms with Crippen LogP contribution in [0.15, 0.2) is 24.3 Å². The Morgan fingerprint density at radius 1 is 1.24 bits per heavy atom. The van der Waals surface area contributed by atoms with E-state index >= 15 is 0 Å². The smallest absolute Gasteiger partial charge is 0.257 e. The minimum Gasteiger partial charge on any atom is -0.368 e. The maximum atomic E-state index is 12.8. The Balaban J connectivity index is 1.84. The summed E-state index contributed by atoms with van der Waals surface area (Å²) >= 11 is 0. The van der Waals surface area contributed by atoms with Crippen LogP contribution in [-0.4, -0.2) is 63.3 Å². The lowest BCUT2D eigenvalue weighted by Crippen LogP contribution is -2.53. The van der Waals surface area contributed by atoms with E-state index < -0.39 is 0 Å². The summed E-state index contributed by atoms with van der Waals surface area (Å²) in [5.41, 5.74) is 2.15. The number of hydrogen-bond acceptors (Lipinski definition) is 4. The first-order valence-corrected chi connectivity index (χ1v) is 7.66. The van der Waals surface area contributed by atoms with E-state index in [9.17, 15) is 4.79 Å². The molecule has 0 saturated carbocycles. The Morgan fingerprint density at radius 2 is 2.00 bits per heavy atom. The predicted molar refractivity (Wildman–Crippen MR) is 83.9 cm³/mol. The third-order valence-electron chi connectivity index (χ3n) is 4.30. The minimum absolute atomic E-state index is 0.0877. The van der Waals surface area contributed by atoms with Crippen LogP contribution in [0, 0.1) is 0 Å². The summed E-state index contributed by atoms with van der Waals surface area (Å²) < 4.78 is 5.69. The van der Waals surface area contributed by atoms with Gasteiger partial charge < -0.3 is 19.4 Å². The van der Waals surface area contributed by atoms with Gasteiger partial charge in [0.05, 0.1) is 18.0 Å². The van der Waals surface area contributed by atoms with E-state index in [1.165, 1.54) is 0 Å². The highest BCUT2D eigenvalue weighted by Crippen LogP contribution is 2.33. The molecule has 2 aliphatic heterocycles. The SMILES string of the molecule is CCN1CCN(C(=O)C2CN(C)CCO2)c2ccccc21. The highest BCUT2D eigenvalue weighted by atomic mass is 16.5. The summed E-state index contributed by atoms with van der Waals surface area (Å²) in [5.74, 6) is 0.0877. The van der Waals surface area contributed by atoms with Crippen LogP contribution in [0.2, 0.25) is 0 Å². The number of amides is 1. The molecule has 0 N–H and O–H groups in total. The van der Waals surface area contributed by atoms with Crippen LogP contribution in [0.1, 0.15) is 6.92 Å². The number of para-hydroxylation sites is 2. The van der Waals surface area contributed by atoms with Crippen molar-refractivity contribution in [2.75, 3.05) is 56.2 Å². The fourth-order valence-corrected chi connectivity index (χ4v) is 3.08. The number of nitrogens with zero attached hydrogens (tertiary/aromatic N) is 3. The van der Waals surface area contributed by atoms with E-state index in [1.807, 2.05) is 30.1 Å². The summed E-state index contributed by atoms with van der Waals surface area (Å²) in [6.07, 6.45) is -0.343. The Kier molecular flexibility index (Phi) is 4.12. The Labute approximate surface area is 126 Å². The monoisotopic (exact) mass is 289 g/mol. The van der Waals surface area contributed by atoms with E-state index in [0.29, 0.717) is 13.2 Å². The van der Waals surface area contributed by atoms with Gasteiger partial charge in [0.25, 0.3) is 5.91 Å². The molecule has 5 nitrogen and oxygen atoms in total. The van der Waals surface area contributed by atoms with Gasteiger partial charge in [0, 0.05) is 32.7 Å². The first-order chi connectivity index (χ1) is 10.2. The molecule has 0 bridgehead atoms. The minimum atomic E-state index is -0.343. The van der Waals surface area contributed by atoms with E-state index in [4.69, 9.17) is 4.74 Å². The van der Waals surface area contributed by atoms with Crippen molar-refractivity contribution in [2.24, 2.45) is 0 Å². The maximum Gasteiger partial charge on any atom is 0.257 e. The molecule has 5 heteroatoms. The molecule has 0 aromatic heterocycles. The molecule has 1 saturated heterocycles. The molecular weight excluding hydrogens is 266 g/mol. The molecule has 1 aromatic carbocycles. The van der Waals surface area contributed by atoms with Gasteiger partial charge in [-0.3, -0.25) is 4.79 Å². The van der Waals surface area contributed by atoms with Crippen LogP contribution in [0.25, 0.3) is 0 Å². The van der Waals surface area contributed by atoms with Gasteiger partial charge in [-0.2, -0.15) is 0 Å². The first-order valence-electron chi connectivity index (χ1n) is 7.66. The van der Waals surface area contributed by atoms with E-state index in [2.05, 4.69) is 22.8 Å². The van der Waals surface area contributed by atoms with Crippen LogP contribution in [0.4, 0.5) is 11.4 Å². The zero-order valence-corrected chi connectivity index (χ0v) is 12.8. The summed E-state index contributed by atoms with van der Waals surface area (Å²) in [6.45, 7) is 6.91. The number of ether oxygens (including phenoxy) is 1. The summed E-state index contributed by atoms with van der Waals surface area (Å²) in [5, 5.41) is 0. The number of anilines is 2. The number of benzene rings is 1. The molecule has 2 heterocycles. The molecule has 1 aromatic rings. The molecular formula is C16H23N3O2.